The molecule has 0 bridgehead atoms. The molecular weight excluding hydrogens is 276 g/mol. The molecule has 1 N–H and O–H groups in total. The highest BCUT2D eigenvalue weighted by atomic mass is 16.6. The number of aliphatic hydroxyl groups is 1. The first kappa shape index (κ1) is 20.3. The zero-order valence-electron chi connectivity index (χ0n) is 13.2. The van der Waals surface area contributed by atoms with Gasteiger partial charge in [0.2, 0.25) is 0 Å². The predicted molar refractivity (Wildman–Crippen MR) is 79.3 cm³/mol. The van der Waals surface area contributed by atoms with Gasteiger partial charge in [-0.25, -0.2) is 0 Å². The van der Waals surface area contributed by atoms with Crippen molar-refractivity contribution in [2.24, 2.45) is 0 Å². The molecule has 0 aromatic carbocycles. The number of carbonyl (C=O) groups is 1. The largest absolute Gasteiger partial charge is 0.463 e. The monoisotopic (exact) mass is 306 g/mol. The summed E-state index contributed by atoms with van der Waals surface area (Å²) in [6.07, 6.45) is 4.82. The Kier molecular flexibility index (Phi) is 16.8. The van der Waals surface area contributed by atoms with Crippen molar-refractivity contribution in [3.05, 3.63) is 0 Å². The Labute approximate surface area is 127 Å². The average molecular weight is 306 g/mol. The summed E-state index contributed by atoms with van der Waals surface area (Å²) >= 11 is 0. The van der Waals surface area contributed by atoms with Crippen molar-refractivity contribution >= 4 is 5.97 Å². The Morgan fingerprint density at radius 2 is 1.38 bits per heavy atom. The van der Waals surface area contributed by atoms with Gasteiger partial charge in [0.05, 0.1) is 46.2 Å². The predicted octanol–water partition coefficient (Wildman–Crippen LogP) is 1.54. The molecular formula is C15H30O6. The van der Waals surface area contributed by atoms with E-state index < -0.39 is 0 Å². The van der Waals surface area contributed by atoms with E-state index in [0.717, 1.165) is 12.8 Å². The summed E-state index contributed by atoms with van der Waals surface area (Å²) in [6, 6.07) is 0. The number of ether oxygens (including phenoxy) is 4. The van der Waals surface area contributed by atoms with Gasteiger partial charge < -0.3 is 24.1 Å². The lowest BCUT2D eigenvalue weighted by Crippen LogP contribution is -2.14. The minimum atomic E-state index is -0.146. The number of aliphatic hydroxyl groups excluding tert-OH is 1. The van der Waals surface area contributed by atoms with Gasteiger partial charge in [-0.05, 0) is 6.42 Å². The van der Waals surface area contributed by atoms with Crippen molar-refractivity contribution < 1.29 is 28.8 Å². The number of unbranched alkanes of at least 4 members (excludes halogenated alkanes) is 3. The van der Waals surface area contributed by atoms with Crippen LogP contribution in [0.1, 0.15) is 39.0 Å². The van der Waals surface area contributed by atoms with E-state index in [4.69, 9.17) is 24.1 Å². The van der Waals surface area contributed by atoms with Crippen LogP contribution in [0.5, 0.6) is 0 Å². The Balaban J connectivity index is 3.09. The van der Waals surface area contributed by atoms with Crippen LogP contribution < -0.4 is 0 Å². The van der Waals surface area contributed by atoms with Gasteiger partial charge in [0.1, 0.15) is 6.61 Å². The van der Waals surface area contributed by atoms with Crippen LogP contribution in [0, 0.1) is 0 Å². The summed E-state index contributed by atoms with van der Waals surface area (Å²) in [6.45, 7) is 5.09. The van der Waals surface area contributed by atoms with Gasteiger partial charge in [0.25, 0.3) is 0 Å². The molecule has 0 fully saturated rings. The second-order valence-corrected chi connectivity index (χ2v) is 4.59. The molecule has 0 atom stereocenters. The van der Waals surface area contributed by atoms with E-state index in [1.165, 1.54) is 12.8 Å². The standard InChI is InChI=1S/C15H30O6/c1-2-3-4-5-6-15(17)21-14-13-20-12-11-19-10-9-18-8-7-16/h16H,2-14H2,1H3. The van der Waals surface area contributed by atoms with Gasteiger partial charge in [0, 0.05) is 6.42 Å². The lowest BCUT2D eigenvalue weighted by molar-refractivity contribution is -0.145. The van der Waals surface area contributed by atoms with Crippen LogP contribution in [-0.2, 0) is 23.7 Å². The van der Waals surface area contributed by atoms with Gasteiger partial charge in [-0.15, -0.1) is 0 Å². The molecule has 0 aliphatic carbocycles. The molecule has 0 unspecified atom stereocenters. The van der Waals surface area contributed by atoms with E-state index in [9.17, 15) is 4.79 Å². The highest BCUT2D eigenvalue weighted by Gasteiger charge is 2.01. The van der Waals surface area contributed by atoms with E-state index >= 15 is 0 Å². The molecule has 0 saturated heterocycles. The summed E-state index contributed by atoms with van der Waals surface area (Å²) in [7, 11) is 0. The first-order valence-electron chi connectivity index (χ1n) is 7.81. The molecule has 0 spiro atoms. The molecule has 21 heavy (non-hydrogen) atoms. The Bertz CT molecular complexity index is 222. The average Bonchev–Trinajstić information content (AvgIpc) is 2.49. The fraction of sp³-hybridized carbons (Fsp3) is 0.933. The maximum Gasteiger partial charge on any atom is 0.305 e. The van der Waals surface area contributed by atoms with Crippen molar-refractivity contribution in [2.75, 3.05) is 52.9 Å². The Morgan fingerprint density at radius 1 is 0.810 bits per heavy atom. The first-order valence-corrected chi connectivity index (χ1v) is 7.81. The molecule has 0 saturated carbocycles. The van der Waals surface area contributed by atoms with Crippen molar-refractivity contribution in [3.8, 4) is 0 Å². The molecule has 126 valence electrons. The van der Waals surface area contributed by atoms with E-state index in [1.807, 2.05) is 0 Å². The molecule has 0 aliphatic rings. The Morgan fingerprint density at radius 3 is 1.95 bits per heavy atom. The third kappa shape index (κ3) is 17.3. The van der Waals surface area contributed by atoms with E-state index in [1.54, 1.807) is 0 Å². The van der Waals surface area contributed by atoms with Crippen molar-refractivity contribution in [2.45, 2.75) is 39.0 Å². The Hall–Kier alpha value is -0.690. The van der Waals surface area contributed by atoms with E-state index in [0.29, 0.717) is 52.7 Å². The van der Waals surface area contributed by atoms with Crippen molar-refractivity contribution in [1.82, 2.24) is 0 Å². The van der Waals surface area contributed by atoms with Gasteiger partial charge in [-0.3, -0.25) is 4.79 Å². The van der Waals surface area contributed by atoms with Crippen LogP contribution in [-0.4, -0.2) is 63.9 Å². The molecule has 0 aromatic heterocycles. The second kappa shape index (κ2) is 17.4. The molecule has 0 aromatic rings. The summed E-state index contributed by atoms with van der Waals surface area (Å²) in [5.41, 5.74) is 0. The summed E-state index contributed by atoms with van der Waals surface area (Å²) in [4.78, 5) is 11.3. The fourth-order valence-corrected chi connectivity index (χ4v) is 1.59. The van der Waals surface area contributed by atoms with E-state index in [2.05, 4.69) is 6.92 Å². The highest BCUT2D eigenvalue weighted by Crippen LogP contribution is 2.03. The van der Waals surface area contributed by atoms with Crippen molar-refractivity contribution in [1.29, 1.82) is 0 Å². The summed E-state index contributed by atoms with van der Waals surface area (Å²) in [5, 5.41) is 8.48. The number of hydrogen-bond acceptors (Lipinski definition) is 6. The normalized spacial score (nSPS) is 10.8. The maximum atomic E-state index is 11.3. The maximum absolute atomic E-state index is 11.3. The van der Waals surface area contributed by atoms with Gasteiger partial charge in [-0.1, -0.05) is 26.2 Å². The quantitative estimate of drug-likeness (QED) is 0.344. The zero-order chi connectivity index (χ0) is 15.6. The van der Waals surface area contributed by atoms with Crippen molar-refractivity contribution in [3.63, 3.8) is 0 Å². The SMILES string of the molecule is CCCCCCC(=O)OCCOCCOCCOCCO. The molecule has 6 nitrogen and oxygen atoms in total. The van der Waals surface area contributed by atoms with Crippen LogP contribution in [0.3, 0.4) is 0 Å². The number of carbonyl (C=O) groups excluding carboxylic acids is 1. The minimum absolute atomic E-state index is 0.0282. The van der Waals surface area contributed by atoms with Crippen LogP contribution >= 0.6 is 0 Å². The first-order chi connectivity index (χ1) is 10.3. The molecule has 6 heteroatoms. The third-order valence-electron chi connectivity index (χ3n) is 2.70. The molecule has 0 rings (SSSR count). The van der Waals surface area contributed by atoms with Crippen LogP contribution in [0.25, 0.3) is 0 Å². The topological polar surface area (TPSA) is 74.2 Å². The highest BCUT2D eigenvalue weighted by molar-refractivity contribution is 5.69. The molecule has 0 radical (unpaired) electrons. The second-order valence-electron chi connectivity index (χ2n) is 4.59. The van der Waals surface area contributed by atoms with Gasteiger partial charge >= 0.3 is 5.97 Å². The lowest BCUT2D eigenvalue weighted by Gasteiger charge is -2.07. The summed E-state index contributed by atoms with van der Waals surface area (Å²) < 4.78 is 20.6. The zero-order valence-corrected chi connectivity index (χ0v) is 13.2. The van der Waals surface area contributed by atoms with Gasteiger partial charge in [-0.2, -0.15) is 0 Å². The summed E-state index contributed by atoms with van der Waals surface area (Å²) in [5.74, 6) is -0.146. The third-order valence-corrected chi connectivity index (χ3v) is 2.70. The number of rotatable bonds is 16. The number of esters is 1. The molecule has 0 amide bonds. The minimum Gasteiger partial charge on any atom is -0.463 e. The molecule has 0 heterocycles. The van der Waals surface area contributed by atoms with Crippen LogP contribution in [0.15, 0.2) is 0 Å². The van der Waals surface area contributed by atoms with Crippen LogP contribution in [0.2, 0.25) is 0 Å². The van der Waals surface area contributed by atoms with Crippen LogP contribution in [0.4, 0.5) is 0 Å². The molecule has 0 aliphatic heterocycles. The lowest BCUT2D eigenvalue weighted by atomic mass is 10.2. The van der Waals surface area contributed by atoms with Gasteiger partial charge in [0.15, 0.2) is 0 Å². The smallest absolute Gasteiger partial charge is 0.305 e. The fourth-order valence-electron chi connectivity index (χ4n) is 1.59. The number of hydrogen-bond donors (Lipinski definition) is 1. The van der Waals surface area contributed by atoms with E-state index in [-0.39, 0.29) is 12.6 Å².